The monoisotopic (exact) mass is 344 g/mol. The molecule has 1 aliphatic heterocycles. The summed E-state index contributed by atoms with van der Waals surface area (Å²) in [6, 6.07) is 9.38. The summed E-state index contributed by atoms with van der Waals surface area (Å²) in [6.45, 7) is 6.03. The van der Waals surface area contributed by atoms with E-state index >= 15 is 0 Å². The minimum atomic E-state index is 0.488. The molecule has 0 bridgehead atoms. The SMILES string of the molecule is CCNC(=NCc1ccc(N2CCSCC2)cc1)NC1CC=CC1. The van der Waals surface area contributed by atoms with E-state index in [9.17, 15) is 0 Å². The molecule has 0 unspecified atom stereocenters. The summed E-state index contributed by atoms with van der Waals surface area (Å²) >= 11 is 2.05. The number of nitrogens with zero attached hydrogens (tertiary/aromatic N) is 2. The van der Waals surface area contributed by atoms with E-state index in [4.69, 9.17) is 4.99 Å². The van der Waals surface area contributed by atoms with Crippen LogP contribution in [-0.4, -0.2) is 43.1 Å². The van der Waals surface area contributed by atoms with Crippen LogP contribution < -0.4 is 15.5 Å². The van der Waals surface area contributed by atoms with Crippen molar-refractivity contribution in [2.75, 3.05) is 36.0 Å². The Morgan fingerprint density at radius 2 is 1.88 bits per heavy atom. The summed E-state index contributed by atoms with van der Waals surface area (Å²) < 4.78 is 0. The van der Waals surface area contributed by atoms with Gasteiger partial charge in [-0.1, -0.05) is 24.3 Å². The van der Waals surface area contributed by atoms with Crippen molar-refractivity contribution in [1.29, 1.82) is 0 Å². The van der Waals surface area contributed by atoms with E-state index in [0.717, 1.165) is 38.4 Å². The minimum Gasteiger partial charge on any atom is -0.370 e. The molecule has 4 nitrogen and oxygen atoms in total. The second-order valence-corrected chi connectivity index (χ2v) is 7.47. The fraction of sp³-hybridized carbons (Fsp3) is 0.526. The molecule has 0 atom stereocenters. The number of guanidine groups is 1. The smallest absolute Gasteiger partial charge is 0.191 e. The maximum atomic E-state index is 4.74. The lowest BCUT2D eigenvalue weighted by molar-refractivity contribution is 0.633. The zero-order valence-corrected chi connectivity index (χ0v) is 15.3. The van der Waals surface area contributed by atoms with Crippen LogP contribution in [0.3, 0.4) is 0 Å². The Balaban J connectivity index is 1.56. The Labute approximate surface area is 149 Å². The first-order valence-electron chi connectivity index (χ1n) is 8.96. The number of anilines is 1. The summed E-state index contributed by atoms with van der Waals surface area (Å²) in [4.78, 5) is 7.21. The van der Waals surface area contributed by atoms with Gasteiger partial charge in [0.25, 0.3) is 0 Å². The largest absolute Gasteiger partial charge is 0.370 e. The van der Waals surface area contributed by atoms with Crippen LogP contribution in [0.15, 0.2) is 41.4 Å². The second-order valence-electron chi connectivity index (χ2n) is 6.25. The third-order valence-corrected chi connectivity index (χ3v) is 5.37. The first-order chi connectivity index (χ1) is 11.8. The molecule has 24 heavy (non-hydrogen) atoms. The van der Waals surface area contributed by atoms with Gasteiger partial charge in [-0.05, 0) is 37.5 Å². The lowest BCUT2D eigenvalue weighted by Crippen LogP contribution is -2.42. The van der Waals surface area contributed by atoms with E-state index in [-0.39, 0.29) is 0 Å². The topological polar surface area (TPSA) is 39.7 Å². The highest BCUT2D eigenvalue weighted by molar-refractivity contribution is 7.99. The van der Waals surface area contributed by atoms with E-state index in [1.54, 1.807) is 0 Å². The molecule has 1 saturated heterocycles. The van der Waals surface area contributed by atoms with Gasteiger partial charge in [0.05, 0.1) is 6.54 Å². The van der Waals surface area contributed by atoms with Crippen LogP contribution in [0.5, 0.6) is 0 Å². The molecule has 0 spiro atoms. The first kappa shape index (κ1) is 17.2. The van der Waals surface area contributed by atoms with Gasteiger partial charge >= 0.3 is 0 Å². The number of hydrogen-bond acceptors (Lipinski definition) is 3. The van der Waals surface area contributed by atoms with Crippen LogP contribution in [-0.2, 0) is 6.54 Å². The molecule has 1 aliphatic carbocycles. The quantitative estimate of drug-likeness (QED) is 0.489. The van der Waals surface area contributed by atoms with Gasteiger partial charge in [0.1, 0.15) is 0 Å². The maximum absolute atomic E-state index is 4.74. The Morgan fingerprint density at radius 1 is 1.17 bits per heavy atom. The Morgan fingerprint density at radius 3 is 2.54 bits per heavy atom. The maximum Gasteiger partial charge on any atom is 0.191 e. The zero-order valence-electron chi connectivity index (χ0n) is 14.5. The molecule has 130 valence electrons. The molecule has 1 aromatic rings. The Kier molecular flexibility index (Phi) is 6.47. The molecule has 1 fully saturated rings. The number of aliphatic imine (C=N–C) groups is 1. The first-order valence-corrected chi connectivity index (χ1v) is 10.1. The van der Waals surface area contributed by atoms with Crippen LogP contribution in [0.4, 0.5) is 5.69 Å². The average Bonchev–Trinajstić information content (AvgIpc) is 3.14. The standard InChI is InChI=1S/C19H28N4S/c1-2-20-19(22-17-5-3-4-6-17)21-15-16-7-9-18(10-8-16)23-11-13-24-14-12-23/h3-4,7-10,17H,2,5-6,11-15H2,1H3,(H2,20,21,22). The average molecular weight is 345 g/mol. The molecule has 2 N–H and O–H groups in total. The fourth-order valence-electron chi connectivity index (χ4n) is 3.05. The summed E-state index contributed by atoms with van der Waals surface area (Å²) in [6.07, 6.45) is 6.65. The predicted molar refractivity (Wildman–Crippen MR) is 106 cm³/mol. The van der Waals surface area contributed by atoms with Gasteiger partial charge in [-0.3, -0.25) is 0 Å². The number of benzene rings is 1. The van der Waals surface area contributed by atoms with Crippen molar-refractivity contribution in [3.63, 3.8) is 0 Å². The van der Waals surface area contributed by atoms with E-state index in [1.165, 1.54) is 22.8 Å². The van der Waals surface area contributed by atoms with Crippen molar-refractivity contribution in [2.24, 2.45) is 4.99 Å². The van der Waals surface area contributed by atoms with Crippen LogP contribution in [0.2, 0.25) is 0 Å². The minimum absolute atomic E-state index is 0.488. The molecule has 1 heterocycles. The van der Waals surface area contributed by atoms with Crippen LogP contribution in [0.1, 0.15) is 25.3 Å². The van der Waals surface area contributed by atoms with Gasteiger partial charge in [0, 0.05) is 42.9 Å². The van der Waals surface area contributed by atoms with Gasteiger partial charge < -0.3 is 15.5 Å². The number of thioether (sulfide) groups is 1. The van der Waals surface area contributed by atoms with Crippen molar-refractivity contribution in [3.05, 3.63) is 42.0 Å². The van der Waals surface area contributed by atoms with Crippen LogP contribution >= 0.6 is 11.8 Å². The van der Waals surface area contributed by atoms with Crippen molar-refractivity contribution in [1.82, 2.24) is 10.6 Å². The van der Waals surface area contributed by atoms with E-state index < -0.39 is 0 Å². The number of nitrogens with one attached hydrogen (secondary N) is 2. The number of rotatable bonds is 5. The van der Waals surface area contributed by atoms with Gasteiger partial charge in [0.15, 0.2) is 5.96 Å². The molecular formula is C19H28N4S. The Bertz CT molecular complexity index is 553. The van der Waals surface area contributed by atoms with E-state index in [1.807, 2.05) is 11.8 Å². The van der Waals surface area contributed by atoms with Crippen LogP contribution in [0.25, 0.3) is 0 Å². The van der Waals surface area contributed by atoms with E-state index in [2.05, 4.69) is 58.9 Å². The normalized spacial score (nSPS) is 18.9. The van der Waals surface area contributed by atoms with Crippen molar-refractivity contribution >= 4 is 23.4 Å². The second kappa shape index (κ2) is 9.02. The van der Waals surface area contributed by atoms with E-state index in [0.29, 0.717) is 12.6 Å². The van der Waals surface area contributed by atoms with Gasteiger partial charge in [0.2, 0.25) is 0 Å². The molecule has 1 aromatic carbocycles. The van der Waals surface area contributed by atoms with Crippen molar-refractivity contribution in [3.8, 4) is 0 Å². The summed E-state index contributed by atoms with van der Waals surface area (Å²) in [5.41, 5.74) is 2.59. The highest BCUT2D eigenvalue weighted by Gasteiger charge is 2.12. The third kappa shape index (κ3) is 4.94. The zero-order chi connectivity index (χ0) is 16.6. The van der Waals surface area contributed by atoms with Crippen molar-refractivity contribution < 1.29 is 0 Å². The summed E-state index contributed by atoms with van der Waals surface area (Å²) in [5.74, 6) is 3.39. The summed E-state index contributed by atoms with van der Waals surface area (Å²) in [5, 5.41) is 6.86. The van der Waals surface area contributed by atoms with Crippen LogP contribution in [0, 0.1) is 0 Å². The molecule has 5 heteroatoms. The molecule has 0 radical (unpaired) electrons. The summed E-state index contributed by atoms with van der Waals surface area (Å²) in [7, 11) is 0. The van der Waals surface area contributed by atoms with Gasteiger partial charge in [-0.2, -0.15) is 11.8 Å². The fourth-order valence-corrected chi connectivity index (χ4v) is 3.96. The Hall–Kier alpha value is -1.62. The lowest BCUT2D eigenvalue weighted by Gasteiger charge is -2.28. The predicted octanol–water partition coefficient (Wildman–Crippen LogP) is 3.01. The molecule has 0 amide bonds. The third-order valence-electron chi connectivity index (χ3n) is 4.43. The van der Waals surface area contributed by atoms with Gasteiger partial charge in [-0.25, -0.2) is 4.99 Å². The molecular weight excluding hydrogens is 316 g/mol. The molecule has 0 saturated carbocycles. The molecule has 3 rings (SSSR count). The number of hydrogen-bond donors (Lipinski definition) is 2. The lowest BCUT2D eigenvalue weighted by atomic mass is 10.2. The highest BCUT2D eigenvalue weighted by Crippen LogP contribution is 2.20. The van der Waals surface area contributed by atoms with Crippen molar-refractivity contribution in [2.45, 2.75) is 32.4 Å². The van der Waals surface area contributed by atoms with Gasteiger partial charge in [-0.15, -0.1) is 0 Å². The highest BCUT2D eigenvalue weighted by atomic mass is 32.2. The molecule has 2 aliphatic rings. The molecule has 0 aromatic heterocycles.